The fourth-order valence-corrected chi connectivity index (χ4v) is 0.880. The highest BCUT2D eigenvalue weighted by molar-refractivity contribution is 5.83. The van der Waals surface area contributed by atoms with E-state index in [0.29, 0.717) is 0 Å². The van der Waals surface area contributed by atoms with Crippen LogP contribution in [0.1, 0.15) is 6.92 Å². The molecule has 1 unspecified atom stereocenters. The third-order valence-corrected chi connectivity index (χ3v) is 1.66. The maximum atomic E-state index is 11.2. The Balaban J connectivity index is 3.59. The molecule has 0 rings (SSSR count). The van der Waals surface area contributed by atoms with Crippen molar-refractivity contribution in [3.63, 3.8) is 0 Å². The van der Waals surface area contributed by atoms with Crippen LogP contribution in [-0.4, -0.2) is 56.0 Å². The molecule has 0 heterocycles. The van der Waals surface area contributed by atoms with Crippen LogP contribution in [0.5, 0.6) is 0 Å². The Morgan fingerprint density at radius 3 is 2.53 bits per heavy atom. The van der Waals surface area contributed by atoms with Gasteiger partial charge in [-0.2, -0.15) is 0 Å². The van der Waals surface area contributed by atoms with Gasteiger partial charge in [0.15, 0.2) is 0 Å². The van der Waals surface area contributed by atoms with E-state index in [4.69, 9.17) is 5.11 Å². The summed E-state index contributed by atoms with van der Waals surface area (Å²) in [6.45, 7) is 1.29. The lowest BCUT2D eigenvalue weighted by Gasteiger charge is -2.12. The lowest BCUT2D eigenvalue weighted by molar-refractivity contribution is -0.143. The molecule has 8 nitrogen and oxygen atoms in total. The van der Waals surface area contributed by atoms with E-state index in [1.807, 2.05) is 0 Å². The molecule has 3 N–H and O–H groups in total. The third kappa shape index (κ3) is 8.03. The van der Waals surface area contributed by atoms with Crippen molar-refractivity contribution in [1.82, 2.24) is 10.6 Å². The van der Waals surface area contributed by atoms with E-state index in [1.54, 1.807) is 0 Å². The Labute approximate surface area is 98.3 Å². The first kappa shape index (κ1) is 15.2. The average Bonchev–Trinajstić information content (AvgIpc) is 2.26. The molecule has 0 aliphatic heterocycles. The van der Waals surface area contributed by atoms with Crippen LogP contribution in [-0.2, 0) is 19.1 Å². The average molecular weight is 248 g/mol. The molecule has 0 spiro atoms. The fraction of sp³-hybridized carbons (Fsp3) is 0.667. The van der Waals surface area contributed by atoms with Crippen molar-refractivity contribution in [2.45, 2.75) is 13.0 Å². The summed E-state index contributed by atoms with van der Waals surface area (Å²) in [5, 5.41) is 13.0. The van der Waals surface area contributed by atoms with E-state index in [-0.39, 0.29) is 13.2 Å². The first-order valence-electron chi connectivity index (χ1n) is 4.89. The standard InChI is InChI=1S/C9H16N2O6/c1-6(8(14)16-2)11-9(15)10-3-4-17-5-7(12)13/h6H,3-5H2,1-2H3,(H,12,13)(H2,10,11,15). The molecule has 0 aromatic carbocycles. The zero-order chi connectivity index (χ0) is 13.3. The molecule has 0 bridgehead atoms. The van der Waals surface area contributed by atoms with Crippen LogP contribution in [0.3, 0.4) is 0 Å². The van der Waals surface area contributed by atoms with E-state index in [9.17, 15) is 14.4 Å². The molecule has 8 heteroatoms. The molecule has 0 fully saturated rings. The van der Waals surface area contributed by atoms with E-state index in [2.05, 4.69) is 20.1 Å². The molecular formula is C9H16N2O6. The van der Waals surface area contributed by atoms with Gasteiger partial charge < -0.3 is 25.2 Å². The lowest BCUT2D eigenvalue weighted by atomic mass is 10.3. The number of urea groups is 1. The number of carboxylic acids is 1. The van der Waals surface area contributed by atoms with Crippen LogP contribution in [0.25, 0.3) is 0 Å². The zero-order valence-corrected chi connectivity index (χ0v) is 9.69. The van der Waals surface area contributed by atoms with Crippen LogP contribution in [0.2, 0.25) is 0 Å². The number of aliphatic carboxylic acids is 1. The second-order valence-electron chi connectivity index (χ2n) is 3.09. The van der Waals surface area contributed by atoms with Gasteiger partial charge in [0.2, 0.25) is 0 Å². The summed E-state index contributed by atoms with van der Waals surface area (Å²) >= 11 is 0. The molecule has 0 aliphatic carbocycles. The number of rotatable bonds is 7. The number of hydrogen-bond donors (Lipinski definition) is 3. The Hall–Kier alpha value is -1.83. The van der Waals surface area contributed by atoms with Gasteiger partial charge in [-0.15, -0.1) is 0 Å². The largest absolute Gasteiger partial charge is 0.480 e. The summed E-state index contributed by atoms with van der Waals surface area (Å²) in [6, 6.07) is -1.30. The maximum absolute atomic E-state index is 11.2. The number of carbonyl (C=O) groups excluding carboxylic acids is 2. The fourth-order valence-electron chi connectivity index (χ4n) is 0.880. The van der Waals surface area contributed by atoms with Crippen molar-refractivity contribution in [2.75, 3.05) is 26.9 Å². The molecule has 0 saturated heterocycles. The summed E-state index contributed by atoms with van der Waals surface area (Å²) in [4.78, 5) is 32.2. The number of methoxy groups -OCH3 is 1. The first-order chi connectivity index (χ1) is 7.97. The van der Waals surface area contributed by atoms with Gasteiger partial charge in [0.05, 0.1) is 13.7 Å². The summed E-state index contributed by atoms with van der Waals surface area (Å²) in [7, 11) is 1.22. The highest BCUT2D eigenvalue weighted by Gasteiger charge is 2.14. The van der Waals surface area contributed by atoms with Crippen molar-refractivity contribution < 1.29 is 29.0 Å². The van der Waals surface area contributed by atoms with E-state index < -0.39 is 30.6 Å². The number of amides is 2. The van der Waals surface area contributed by atoms with Gasteiger partial charge >= 0.3 is 18.0 Å². The minimum atomic E-state index is -1.08. The van der Waals surface area contributed by atoms with Crippen molar-refractivity contribution in [1.29, 1.82) is 0 Å². The predicted octanol–water partition coefficient (Wildman–Crippen LogP) is -1.05. The van der Waals surface area contributed by atoms with Crippen molar-refractivity contribution >= 4 is 18.0 Å². The molecule has 98 valence electrons. The normalized spacial score (nSPS) is 11.4. The van der Waals surface area contributed by atoms with Gasteiger partial charge in [-0.1, -0.05) is 0 Å². The number of ether oxygens (including phenoxy) is 2. The number of esters is 1. The second kappa shape index (κ2) is 8.34. The molecule has 0 aliphatic rings. The number of carbonyl (C=O) groups is 3. The van der Waals surface area contributed by atoms with Gasteiger partial charge in [0.1, 0.15) is 12.6 Å². The SMILES string of the molecule is COC(=O)C(C)NC(=O)NCCOCC(=O)O. The van der Waals surface area contributed by atoms with Crippen LogP contribution >= 0.6 is 0 Å². The van der Waals surface area contributed by atoms with Crippen LogP contribution in [0.4, 0.5) is 4.79 Å². The van der Waals surface area contributed by atoms with Gasteiger partial charge in [-0.3, -0.25) is 0 Å². The monoisotopic (exact) mass is 248 g/mol. The smallest absolute Gasteiger partial charge is 0.329 e. The Bertz CT molecular complexity index is 281. The number of carboxylic acid groups (broad SMARTS) is 1. The minimum absolute atomic E-state index is 0.0757. The van der Waals surface area contributed by atoms with Gasteiger partial charge in [-0.05, 0) is 6.92 Å². The quantitative estimate of drug-likeness (QED) is 0.391. The van der Waals surface area contributed by atoms with Crippen LogP contribution in [0.15, 0.2) is 0 Å². The van der Waals surface area contributed by atoms with Crippen LogP contribution < -0.4 is 10.6 Å². The summed E-state index contributed by atoms with van der Waals surface area (Å²) < 4.78 is 9.10. The van der Waals surface area contributed by atoms with Crippen molar-refractivity contribution in [3.05, 3.63) is 0 Å². The molecule has 0 radical (unpaired) electrons. The van der Waals surface area contributed by atoms with E-state index in [0.717, 1.165) is 0 Å². The summed E-state index contributed by atoms with van der Waals surface area (Å²) in [6.07, 6.45) is 0. The van der Waals surface area contributed by atoms with E-state index in [1.165, 1.54) is 14.0 Å². The minimum Gasteiger partial charge on any atom is -0.480 e. The predicted molar refractivity (Wildman–Crippen MR) is 56.5 cm³/mol. The maximum Gasteiger partial charge on any atom is 0.329 e. The third-order valence-electron chi connectivity index (χ3n) is 1.66. The van der Waals surface area contributed by atoms with Crippen molar-refractivity contribution in [2.24, 2.45) is 0 Å². The molecule has 0 aromatic heterocycles. The molecule has 0 saturated carbocycles. The van der Waals surface area contributed by atoms with Gasteiger partial charge in [0, 0.05) is 6.54 Å². The molecule has 0 aromatic rings. The van der Waals surface area contributed by atoms with E-state index >= 15 is 0 Å². The van der Waals surface area contributed by atoms with Gasteiger partial charge in [-0.25, -0.2) is 14.4 Å². The van der Waals surface area contributed by atoms with Gasteiger partial charge in [0.25, 0.3) is 0 Å². The second-order valence-corrected chi connectivity index (χ2v) is 3.09. The summed E-state index contributed by atoms with van der Waals surface area (Å²) in [5.41, 5.74) is 0. The molecular weight excluding hydrogens is 232 g/mol. The lowest BCUT2D eigenvalue weighted by Crippen LogP contribution is -2.45. The number of nitrogens with one attached hydrogen (secondary N) is 2. The number of hydrogen-bond acceptors (Lipinski definition) is 5. The summed E-state index contributed by atoms with van der Waals surface area (Å²) in [5.74, 6) is -1.63. The highest BCUT2D eigenvalue weighted by Crippen LogP contribution is 1.85. The molecule has 17 heavy (non-hydrogen) atoms. The Morgan fingerprint density at radius 2 is 2.00 bits per heavy atom. The first-order valence-corrected chi connectivity index (χ1v) is 4.89. The molecule has 1 atom stereocenters. The van der Waals surface area contributed by atoms with Crippen LogP contribution in [0, 0.1) is 0 Å². The van der Waals surface area contributed by atoms with Crippen molar-refractivity contribution in [3.8, 4) is 0 Å². The zero-order valence-electron chi connectivity index (χ0n) is 9.69. The molecule has 2 amide bonds. The Kier molecular flexibility index (Phi) is 7.44. The topological polar surface area (TPSA) is 114 Å². The highest BCUT2D eigenvalue weighted by atomic mass is 16.5. The Morgan fingerprint density at radius 1 is 1.35 bits per heavy atom.